The first-order valence-corrected chi connectivity index (χ1v) is 8.01. The number of carbonyl (C=O) groups is 2. The van der Waals surface area contributed by atoms with E-state index < -0.39 is 0 Å². The zero-order chi connectivity index (χ0) is 17.4. The van der Waals surface area contributed by atoms with Gasteiger partial charge in [-0.3, -0.25) is 14.6 Å². The maximum atomic E-state index is 12.0. The summed E-state index contributed by atoms with van der Waals surface area (Å²) >= 11 is 0. The number of nitrogens with zero attached hydrogens (tertiary/aromatic N) is 2. The van der Waals surface area contributed by atoms with Crippen LogP contribution >= 0.6 is 0 Å². The Hall–Kier alpha value is -2.47. The fraction of sp³-hybridized carbons (Fsp3) is 0.389. The van der Waals surface area contributed by atoms with Crippen LogP contribution in [0.5, 0.6) is 0 Å². The van der Waals surface area contributed by atoms with E-state index in [0.29, 0.717) is 19.7 Å². The number of hydrogen-bond donors (Lipinski definition) is 1. The van der Waals surface area contributed by atoms with Crippen molar-refractivity contribution in [3.63, 3.8) is 0 Å². The van der Waals surface area contributed by atoms with Gasteiger partial charge in [0.25, 0.3) is 0 Å². The molecule has 128 valence electrons. The first-order valence-electron chi connectivity index (χ1n) is 8.01. The minimum atomic E-state index is -0.111. The van der Waals surface area contributed by atoms with Gasteiger partial charge < -0.3 is 15.0 Å². The molecule has 0 aliphatic heterocycles. The number of hydrogen-bond acceptors (Lipinski definition) is 4. The van der Waals surface area contributed by atoms with Gasteiger partial charge in [0.1, 0.15) is 0 Å². The number of fused-ring (bicyclic) bond motifs is 1. The number of nitrogens with one attached hydrogen (secondary N) is 1. The third-order valence-corrected chi connectivity index (χ3v) is 3.69. The Morgan fingerprint density at radius 1 is 1.25 bits per heavy atom. The monoisotopic (exact) mass is 329 g/mol. The lowest BCUT2D eigenvalue weighted by atomic mass is 10.1. The van der Waals surface area contributed by atoms with Crippen molar-refractivity contribution < 1.29 is 14.3 Å². The molecule has 24 heavy (non-hydrogen) atoms. The Bertz CT molecular complexity index is 697. The molecule has 0 aliphatic rings. The van der Waals surface area contributed by atoms with Crippen LogP contribution in [0.1, 0.15) is 19.8 Å². The third-order valence-electron chi connectivity index (χ3n) is 3.69. The Balaban J connectivity index is 2.04. The average molecular weight is 329 g/mol. The molecule has 6 nitrogen and oxygen atoms in total. The molecule has 2 amide bonds. The molecule has 0 radical (unpaired) electrons. The molecule has 1 aromatic carbocycles. The highest BCUT2D eigenvalue weighted by Gasteiger charge is 2.16. The minimum Gasteiger partial charge on any atom is -0.385 e. The molecule has 0 bridgehead atoms. The van der Waals surface area contributed by atoms with Crippen molar-refractivity contribution in [2.45, 2.75) is 19.8 Å². The van der Waals surface area contributed by atoms with E-state index in [1.54, 1.807) is 18.2 Å². The van der Waals surface area contributed by atoms with E-state index in [2.05, 4.69) is 10.3 Å². The van der Waals surface area contributed by atoms with Crippen LogP contribution in [0.3, 0.4) is 0 Å². The summed E-state index contributed by atoms with van der Waals surface area (Å²) < 4.78 is 4.94. The highest BCUT2D eigenvalue weighted by atomic mass is 16.5. The van der Waals surface area contributed by atoms with Crippen molar-refractivity contribution in [2.24, 2.45) is 0 Å². The lowest BCUT2D eigenvalue weighted by molar-refractivity contribution is -0.121. The van der Waals surface area contributed by atoms with Crippen molar-refractivity contribution >= 4 is 28.4 Å². The standard InChI is InChI=1S/C18H23N3O3/c1-14(22)21(12-9-17(23)19-11-5-13-24-2)16-8-3-6-15-7-4-10-20-18(15)16/h3-4,6-8,10H,5,9,11-13H2,1-2H3,(H,19,23). The molecule has 0 saturated carbocycles. The first kappa shape index (κ1) is 17.9. The summed E-state index contributed by atoms with van der Waals surface area (Å²) in [7, 11) is 1.63. The molecule has 0 unspecified atom stereocenters. The molecule has 0 aliphatic carbocycles. The van der Waals surface area contributed by atoms with Crippen LogP contribution in [-0.4, -0.2) is 43.6 Å². The van der Waals surface area contributed by atoms with Crippen molar-refractivity contribution in [1.82, 2.24) is 10.3 Å². The fourth-order valence-electron chi connectivity index (χ4n) is 2.50. The Morgan fingerprint density at radius 2 is 2.04 bits per heavy atom. The van der Waals surface area contributed by atoms with Crippen LogP contribution in [0.2, 0.25) is 0 Å². The predicted molar refractivity (Wildman–Crippen MR) is 93.9 cm³/mol. The van der Waals surface area contributed by atoms with Gasteiger partial charge in [-0.2, -0.15) is 0 Å². The van der Waals surface area contributed by atoms with Crippen LogP contribution in [0.4, 0.5) is 5.69 Å². The number of pyridine rings is 1. The third kappa shape index (κ3) is 4.76. The molecule has 1 aromatic heterocycles. The van der Waals surface area contributed by atoms with E-state index in [1.807, 2.05) is 30.3 Å². The van der Waals surface area contributed by atoms with Gasteiger partial charge in [-0.25, -0.2) is 0 Å². The lowest BCUT2D eigenvalue weighted by Crippen LogP contribution is -2.34. The second kappa shape index (κ2) is 8.98. The summed E-state index contributed by atoms with van der Waals surface area (Å²) in [4.78, 5) is 29.9. The minimum absolute atomic E-state index is 0.0782. The zero-order valence-electron chi connectivity index (χ0n) is 14.1. The first-order chi connectivity index (χ1) is 11.6. The second-order valence-corrected chi connectivity index (χ2v) is 5.47. The molecule has 2 rings (SSSR count). The summed E-state index contributed by atoms with van der Waals surface area (Å²) in [6.07, 6.45) is 2.72. The molecule has 1 N–H and O–H groups in total. The molecule has 6 heteroatoms. The van der Waals surface area contributed by atoms with Gasteiger partial charge in [0.15, 0.2) is 0 Å². The maximum absolute atomic E-state index is 12.0. The number of anilines is 1. The molecule has 1 heterocycles. The van der Waals surface area contributed by atoms with Crippen LogP contribution in [0.15, 0.2) is 36.5 Å². The van der Waals surface area contributed by atoms with Crippen LogP contribution in [0, 0.1) is 0 Å². The van der Waals surface area contributed by atoms with Gasteiger partial charge in [0.05, 0.1) is 11.2 Å². The number of carbonyl (C=O) groups excluding carboxylic acids is 2. The summed E-state index contributed by atoms with van der Waals surface area (Å²) in [5, 5.41) is 3.79. The van der Waals surface area contributed by atoms with Crippen molar-refractivity contribution in [1.29, 1.82) is 0 Å². The summed E-state index contributed by atoms with van der Waals surface area (Å²) in [6, 6.07) is 9.50. The molecule has 0 spiro atoms. The summed E-state index contributed by atoms with van der Waals surface area (Å²) in [5.74, 6) is -0.189. The molecular formula is C18H23N3O3. The topological polar surface area (TPSA) is 71.5 Å². The Morgan fingerprint density at radius 3 is 2.79 bits per heavy atom. The van der Waals surface area contributed by atoms with Crippen LogP contribution in [-0.2, 0) is 14.3 Å². The maximum Gasteiger partial charge on any atom is 0.223 e. The van der Waals surface area contributed by atoms with Crippen LogP contribution < -0.4 is 10.2 Å². The summed E-state index contributed by atoms with van der Waals surface area (Å²) in [5.41, 5.74) is 1.49. The molecule has 2 aromatic rings. The normalized spacial score (nSPS) is 10.6. The number of amides is 2. The van der Waals surface area contributed by atoms with Crippen molar-refractivity contribution in [2.75, 3.05) is 31.7 Å². The smallest absolute Gasteiger partial charge is 0.223 e. The van der Waals surface area contributed by atoms with Gasteiger partial charge in [-0.15, -0.1) is 0 Å². The molecule has 0 fully saturated rings. The van der Waals surface area contributed by atoms with Gasteiger partial charge in [0.2, 0.25) is 11.8 Å². The lowest BCUT2D eigenvalue weighted by Gasteiger charge is -2.22. The SMILES string of the molecule is COCCCNC(=O)CCN(C(C)=O)c1cccc2cccnc12. The predicted octanol–water partition coefficient (Wildman–Crippen LogP) is 2.13. The highest BCUT2D eigenvalue weighted by Crippen LogP contribution is 2.25. The molecule has 0 atom stereocenters. The number of aromatic nitrogens is 1. The second-order valence-electron chi connectivity index (χ2n) is 5.47. The fourth-order valence-corrected chi connectivity index (χ4v) is 2.50. The van der Waals surface area contributed by atoms with Gasteiger partial charge in [-0.1, -0.05) is 18.2 Å². The number of ether oxygens (including phenoxy) is 1. The average Bonchev–Trinajstić information content (AvgIpc) is 2.59. The Labute approximate surface area is 141 Å². The van der Waals surface area contributed by atoms with Crippen LogP contribution in [0.25, 0.3) is 10.9 Å². The molecule has 0 saturated heterocycles. The Kier molecular flexibility index (Phi) is 6.69. The number of benzene rings is 1. The quantitative estimate of drug-likeness (QED) is 0.753. The largest absolute Gasteiger partial charge is 0.385 e. The number of methoxy groups -OCH3 is 1. The zero-order valence-corrected chi connectivity index (χ0v) is 14.1. The van der Waals surface area contributed by atoms with Gasteiger partial charge in [-0.05, 0) is 18.6 Å². The van der Waals surface area contributed by atoms with Gasteiger partial charge in [0, 0.05) is 51.7 Å². The van der Waals surface area contributed by atoms with Crippen molar-refractivity contribution in [3.05, 3.63) is 36.5 Å². The van der Waals surface area contributed by atoms with Crippen molar-refractivity contribution in [3.8, 4) is 0 Å². The number of rotatable bonds is 8. The van der Waals surface area contributed by atoms with E-state index >= 15 is 0 Å². The van der Waals surface area contributed by atoms with E-state index in [4.69, 9.17) is 4.74 Å². The van der Waals surface area contributed by atoms with E-state index in [-0.39, 0.29) is 18.2 Å². The van der Waals surface area contributed by atoms with E-state index in [9.17, 15) is 9.59 Å². The van der Waals surface area contributed by atoms with Gasteiger partial charge >= 0.3 is 0 Å². The summed E-state index contributed by atoms with van der Waals surface area (Å²) in [6.45, 7) is 3.00. The highest BCUT2D eigenvalue weighted by molar-refractivity contribution is 6.01. The molecular weight excluding hydrogens is 306 g/mol. The van der Waals surface area contributed by atoms with E-state index in [1.165, 1.54) is 6.92 Å². The van der Waals surface area contributed by atoms with E-state index in [0.717, 1.165) is 23.0 Å². The number of para-hydroxylation sites is 1.